The van der Waals surface area contributed by atoms with Crippen molar-refractivity contribution in [3.05, 3.63) is 29.3 Å². The van der Waals surface area contributed by atoms with Gasteiger partial charge in [0.1, 0.15) is 24.0 Å². The second-order valence-corrected chi connectivity index (χ2v) is 8.82. The minimum Gasteiger partial charge on any atom is -0.493 e. The molecule has 0 aromatic heterocycles. The van der Waals surface area contributed by atoms with Gasteiger partial charge in [-0.05, 0) is 52.2 Å². The van der Waals surface area contributed by atoms with E-state index in [1.165, 1.54) is 6.07 Å². The molecule has 0 aliphatic carbocycles. The average Bonchev–Trinajstić information content (AvgIpc) is 2.97. The van der Waals surface area contributed by atoms with Gasteiger partial charge in [-0.2, -0.15) is 0 Å². The van der Waals surface area contributed by atoms with Crippen LogP contribution in [0.4, 0.5) is 0 Å². The number of nitrogens with zero attached hydrogens (tertiary/aromatic N) is 1. The van der Waals surface area contributed by atoms with Crippen molar-refractivity contribution in [1.82, 2.24) is 10.2 Å². The molecule has 10 nitrogen and oxygen atoms in total. The number of rotatable bonds is 9. The molecule has 0 saturated carbocycles. The molecule has 1 N–H and O–H groups in total. The maximum absolute atomic E-state index is 13.0. The first-order valence-corrected chi connectivity index (χ1v) is 10.9. The molecule has 4 amide bonds. The molecule has 0 radical (unpaired) electrons. The summed E-state index contributed by atoms with van der Waals surface area (Å²) in [4.78, 5) is 61.9. The zero-order chi connectivity index (χ0) is 24.2. The van der Waals surface area contributed by atoms with Crippen LogP contribution in [0.25, 0.3) is 0 Å². The van der Waals surface area contributed by atoms with Gasteiger partial charge in [-0.25, -0.2) is 4.79 Å². The predicted molar refractivity (Wildman–Crippen MR) is 115 cm³/mol. The molecule has 178 valence electrons. The molecule has 2 aliphatic heterocycles. The smallest absolute Gasteiger partial charge is 0.332 e. The van der Waals surface area contributed by atoms with E-state index >= 15 is 0 Å². The molecule has 1 unspecified atom stereocenters. The van der Waals surface area contributed by atoms with Gasteiger partial charge in [0.05, 0.1) is 17.7 Å². The van der Waals surface area contributed by atoms with Gasteiger partial charge >= 0.3 is 5.97 Å². The Morgan fingerprint density at radius 2 is 1.82 bits per heavy atom. The second-order valence-electron chi connectivity index (χ2n) is 8.82. The highest BCUT2D eigenvalue weighted by molar-refractivity contribution is 6.24. The van der Waals surface area contributed by atoms with Crippen molar-refractivity contribution >= 4 is 29.6 Å². The summed E-state index contributed by atoms with van der Waals surface area (Å²) in [5, 5.41) is 2.17. The molecule has 2 aliphatic rings. The molecule has 3 rings (SSSR count). The molecular formula is C23H28N2O8. The van der Waals surface area contributed by atoms with Crippen LogP contribution in [-0.4, -0.2) is 66.0 Å². The van der Waals surface area contributed by atoms with Gasteiger partial charge < -0.3 is 14.2 Å². The van der Waals surface area contributed by atoms with Crippen LogP contribution in [0, 0.1) is 0 Å². The number of benzene rings is 1. The Hall–Kier alpha value is -3.27. The zero-order valence-electron chi connectivity index (χ0n) is 19.0. The number of fused-ring (bicyclic) bond motifs is 1. The van der Waals surface area contributed by atoms with E-state index in [0.29, 0.717) is 19.4 Å². The van der Waals surface area contributed by atoms with E-state index in [-0.39, 0.29) is 42.9 Å². The number of unbranched alkanes of at least 4 members (excludes halogenated alkanes) is 1. The first-order valence-electron chi connectivity index (χ1n) is 10.9. The number of amides is 4. The third kappa shape index (κ3) is 5.95. The number of esters is 1. The maximum Gasteiger partial charge on any atom is 0.332 e. The summed E-state index contributed by atoms with van der Waals surface area (Å²) in [5.41, 5.74) is -0.270. The summed E-state index contributed by atoms with van der Waals surface area (Å²) >= 11 is 0. The Labute approximate surface area is 191 Å². The summed E-state index contributed by atoms with van der Waals surface area (Å²) in [6.07, 6.45) is 1.36. The number of ether oxygens (including phenoxy) is 3. The fourth-order valence-electron chi connectivity index (χ4n) is 3.62. The SMILES string of the molecule is CC(C)(C)OC(=O)COCCCCOc1cccc2c1C(=O)N(C1CCC(=O)NC1=O)C2=O. The van der Waals surface area contributed by atoms with Crippen molar-refractivity contribution in [2.75, 3.05) is 19.8 Å². The molecule has 0 spiro atoms. The lowest BCUT2D eigenvalue weighted by Crippen LogP contribution is -2.54. The Morgan fingerprint density at radius 1 is 1.09 bits per heavy atom. The summed E-state index contributed by atoms with van der Waals surface area (Å²) in [5.74, 6) is -2.44. The average molecular weight is 460 g/mol. The first kappa shape index (κ1) is 24.4. The highest BCUT2D eigenvalue weighted by Crippen LogP contribution is 2.33. The van der Waals surface area contributed by atoms with E-state index in [9.17, 15) is 24.0 Å². The topological polar surface area (TPSA) is 128 Å². The number of imide groups is 2. The van der Waals surface area contributed by atoms with Crippen molar-refractivity contribution in [3.8, 4) is 5.75 Å². The molecule has 2 heterocycles. The lowest BCUT2D eigenvalue weighted by atomic mass is 10.0. The quantitative estimate of drug-likeness (QED) is 0.334. The van der Waals surface area contributed by atoms with Gasteiger partial charge in [0.2, 0.25) is 11.8 Å². The van der Waals surface area contributed by atoms with E-state index in [1.54, 1.807) is 32.9 Å². The molecule has 33 heavy (non-hydrogen) atoms. The number of carbonyl (C=O) groups is 5. The second kappa shape index (κ2) is 10.1. The van der Waals surface area contributed by atoms with Gasteiger partial charge in [0.15, 0.2) is 0 Å². The van der Waals surface area contributed by atoms with Crippen molar-refractivity contribution < 1.29 is 38.2 Å². The third-order valence-corrected chi connectivity index (χ3v) is 5.01. The summed E-state index contributed by atoms with van der Waals surface area (Å²) in [6.45, 7) is 5.83. The Kier molecular flexibility index (Phi) is 7.47. The Morgan fingerprint density at radius 3 is 2.52 bits per heavy atom. The summed E-state index contributed by atoms with van der Waals surface area (Å²) in [6, 6.07) is 3.69. The molecule has 10 heteroatoms. The zero-order valence-corrected chi connectivity index (χ0v) is 19.0. The fraction of sp³-hybridized carbons (Fsp3) is 0.522. The lowest BCUT2D eigenvalue weighted by molar-refractivity contribution is -0.160. The standard InChI is InChI=1S/C23H28N2O8/c1-23(2,3)33-18(27)13-31-11-4-5-12-32-16-8-6-7-14-19(16)22(30)25(21(14)29)15-9-10-17(26)24-20(15)28/h6-8,15H,4-5,9-13H2,1-3H3,(H,24,26,28). The molecular weight excluding hydrogens is 432 g/mol. The Balaban J connectivity index is 1.50. The van der Waals surface area contributed by atoms with Gasteiger partial charge in [-0.1, -0.05) is 6.07 Å². The van der Waals surface area contributed by atoms with E-state index in [2.05, 4.69) is 5.32 Å². The monoisotopic (exact) mass is 460 g/mol. The van der Waals surface area contributed by atoms with Gasteiger partial charge in [0, 0.05) is 13.0 Å². The van der Waals surface area contributed by atoms with Crippen LogP contribution in [0.15, 0.2) is 18.2 Å². The molecule has 1 atom stereocenters. The highest BCUT2D eigenvalue weighted by Gasteiger charge is 2.45. The van der Waals surface area contributed by atoms with Crippen LogP contribution in [-0.2, 0) is 23.9 Å². The van der Waals surface area contributed by atoms with Gasteiger partial charge in [-0.15, -0.1) is 0 Å². The number of carbonyl (C=O) groups excluding carboxylic acids is 5. The summed E-state index contributed by atoms with van der Waals surface area (Å²) < 4.78 is 16.2. The predicted octanol–water partition coefficient (Wildman–Crippen LogP) is 1.61. The molecule has 1 saturated heterocycles. The van der Waals surface area contributed by atoms with Crippen LogP contribution in [0.3, 0.4) is 0 Å². The van der Waals surface area contributed by atoms with Crippen molar-refractivity contribution in [2.24, 2.45) is 0 Å². The number of hydrogen-bond acceptors (Lipinski definition) is 8. The van der Waals surface area contributed by atoms with Crippen molar-refractivity contribution in [1.29, 1.82) is 0 Å². The highest BCUT2D eigenvalue weighted by atomic mass is 16.6. The van der Waals surface area contributed by atoms with Crippen molar-refractivity contribution in [2.45, 2.75) is 58.1 Å². The van der Waals surface area contributed by atoms with E-state index in [4.69, 9.17) is 14.2 Å². The molecule has 1 fully saturated rings. The normalized spacial score (nSPS) is 18.3. The number of nitrogens with one attached hydrogen (secondary N) is 1. The number of hydrogen-bond donors (Lipinski definition) is 1. The Bertz CT molecular complexity index is 966. The van der Waals surface area contributed by atoms with Crippen molar-refractivity contribution in [3.63, 3.8) is 0 Å². The third-order valence-electron chi connectivity index (χ3n) is 5.01. The molecule has 0 bridgehead atoms. The fourth-order valence-corrected chi connectivity index (χ4v) is 3.62. The number of piperidine rings is 1. The molecule has 1 aromatic rings. The largest absolute Gasteiger partial charge is 0.493 e. The van der Waals surface area contributed by atoms with Gasteiger partial charge in [0.25, 0.3) is 11.8 Å². The van der Waals surface area contributed by atoms with E-state index < -0.39 is 41.2 Å². The minimum absolute atomic E-state index is 0.0587. The van der Waals surface area contributed by atoms with E-state index in [1.807, 2.05) is 0 Å². The maximum atomic E-state index is 13.0. The summed E-state index contributed by atoms with van der Waals surface area (Å²) in [7, 11) is 0. The van der Waals surface area contributed by atoms with Crippen LogP contribution in [0.5, 0.6) is 5.75 Å². The van der Waals surface area contributed by atoms with Crippen LogP contribution in [0.2, 0.25) is 0 Å². The van der Waals surface area contributed by atoms with Crippen LogP contribution >= 0.6 is 0 Å². The lowest BCUT2D eigenvalue weighted by Gasteiger charge is -2.27. The van der Waals surface area contributed by atoms with Gasteiger partial charge in [-0.3, -0.25) is 29.4 Å². The van der Waals surface area contributed by atoms with Crippen LogP contribution in [0.1, 0.15) is 67.2 Å². The molecule has 1 aromatic carbocycles. The first-order chi connectivity index (χ1) is 15.6. The van der Waals surface area contributed by atoms with E-state index in [0.717, 1.165) is 4.90 Å². The van der Waals surface area contributed by atoms with Crippen LogP contribution < -0.4 is 10.1 Å². The minimum atomic E-state index is -1.02.